The third kappa shape index (κ3) is 4.37. The molecule has 0 saturated carbocycles. The average molecular weight is 373 g/mol. The molecule has 1 N–H and O–H groups in total. The number of hydrogen-bond acceptors (Lipinski definition) is 4. The SMILES string of the molecule is COC(=O)C(NS(=O)(=O)c1ccccc1C(F)(F)F)c1ccccc1. The second-order valence-corrected chi connectivity index (χ2v) is 6.66. The van der Waals surface area contributed by atoms with E-state index in [1.165, 1.54) is 18.2 Å². The number of halogens is 3. The van der Waals surface area contributed by atoms with E-state index in [1.807, 2.05) is 4.72 Å². The summed E-state index contributed by atoms with van der Waals surface area (Å²) in [6.45, 7) is 0. The molecular formula is C16H14F3NO4S. The molecule has 2 aromatic rings. The highest BCUT2D eigenvalue weighted by Crippen LogP contribution is 2.34. The number of nitrogens with one attached hydrogen (secondary N) is 1. The molecule has 0 saturated heterocycles. The number of hydrogen-bond donors (Lipinski definition) is 1. The molecule has 0 radical (unpaired) electrons. The van der Waals surface area contributed by atoms with Gasteiger partial charge in [0.15, 0.2) is 0 Å². The maximum Gasteiger partial charge on any atom is 0.417 e. The quantitative estimate of drug-likeness (QED) is 0.818. The summed E-state index contributed by atoms with van der Waals surface area (Å²) in [6, 6.07) is 9.93. The third-order valence-corrected chi connectivity index (χ3v) is 4.81. The molecule has 0 aliphatic carbocycles. The second-order valence-electron chi connectivity index (χ2n) is 4.98. The Kier molecular flexibility index (Phi) is 5.48. The maximum atomic E-state index is 13.1. The van der Waals surface area contributed by atoms with Crippen LogP contribution in [0.2, 0.25) is 0 Å². The zero-order valence-electron chi connectivity index (χ0n) is 12.9. The average Bonchev–Trinajstić information content (AvgIpc) is 2.59. The molecule has 0 aliphatic rings. The van der Waals surface area contributed by atoms with Crippen molar-refractivity contribution in [3.63, 3.8) is 0 Å². The Labute approximate surface area is 142 Å². The van der Waals surface area contributed by atoms with Gasteiger partial charge in [-0.2, -0.15) is 17.9 Å². The Morgan fingerprint density at radius 2 is 1.60 bits per heavy atom. The van der Waals surface area contributed by atoms with Gasteiger partial charge in [-0.1, -0.05) is 42.5 Å². The normalized spacial score (nSPS) is 13.3. The minimum Gasteiger partial charge on any atom is -0.468 e. The van der Waals surface area contributed by atoms with Gasteiger partial charge < -0.3 is 4.74 Å². The highest BCUT2D eigenvalue weighted by molar-refractivity contribution is 7.89. The highest BCUT2D eigenvalue weighted by Gasteiger charge is 2.38. The van der Waals surface area contributed by atoms with Crippen LogP contribution < -0.4 is 4.72 Å². The molecule has 0 amide bonds. The molecule has 25 heavy (non-hydrogen) atoms. The van der Waals surface area contributed by atoms with Crippen molar-refractivity contribution in [3.05, 3.63) is 65.7 Å². The molecule has 134 valence electrons. The summed E-state index contributed by atoms with van der Waals surface area (Å²) in [6.07, 6.45) is -4.86. The van der Waals surface area contributed by atoms with Crippen LogP contribution in [0.1, 0.15) is 17.2 Å². The van der Waals surface area contributed by atoms with E-state index in [9.17, 15) is 26.4 Å². The third-order valence-electron chi connectivity index (χ3n) is 3.32. The lowest BCUT2D eigenvalue weighted by Crippen LogP contribution is -2.35. The fourth-order valence-corrected chi connectivity index (χ4v) is 3.57. The van der Waals surface area contributed by atoms with Gasteiger partial charge in [-0.25, -0.2) is 13.2 Å². The van der Waals surface area contributed by atoms with Crippen LogP contribution in [0.25, 0.3) is 0 Å². The van der Waals surface area contributed by atoms with Gasteiger partial charge in [0, 0.05) is 0 Å². The summed E-state index contributed by atoms with van der Waals surface area (Å²) in [5.41, 5.74) is -1.08. The first-order chi connectivity index (χ1) is 11.7. The molecule has 5 nitrogen and oxygen atoms in total. The number of carbonyl (C=O) groups excluding carboxylic acids is 1. The number of methoxy groups -OCH3 is 1. The minimum absolute atomic E-state index is 0.238. The number of esters is 1. The number of carbonyl (C=O) groups is 1. The molecule has 0 heterocycles. The molecule has 9 heteroatoms. The molecular weight excluding hydrogens is 359 g/mol. The summed E-state index contributed by atoms with van der Waals surface area (Å²) in [7, 11) is -3.60. The van der Waals surface area contributed by atoms with E-state index >= 15 is 0 Å². The zero-order chi connectivity index (χ0) is 18.7. The topological polar surface area (TPSA) is 72.5 Å². The van der Waals surface area contributed by atoms with E-state index in [1.54, 1.807) is 18.2 Å². The van der Waals surface area contributed by atoms with E-state index in [-0.39, 0.29) is 5.56 Å². The van der Waals surface area contributed by atoms with Crippen molar-refractivity contribution in [2.75, 3.05) is 7.11 Å². The molecule has 0 spiro atoms. The molecule has 0 bridgehead atoms. The zero-order valence-corrected chi connectivity index (χ0v) is 13.8. The van der Waals surface area contributed by atoms with E-state index in [0.29, 0.717) is 6.07 Å². The van der Waals surface area contributed by atoms with Gasteiger partial charge in [-0.3, -0.25) is 0 Å². The molecule has 0 aliphatic heterocycles. The number of benzene rings is 2. The predicted molar refractivity (Wildman–Crippen MR) is 83.0 cm³/mol. The Morgan fingerprint density at radius 1 is 1.04 bits per heavy atom. The first-order valence-electron chi connectivity index (χ1n) is 6.98. The summed E-state index contributed by atoms with van der Waals surface area (Å²) in [5, 5.41) is 0. The van der Waals surface area contributed by atoms with Crippen LogP contribution in [-0.2, 0) is 25.7 Å². The Bertz CT molecular complexity index is 851. The van der Waals surface area contributed by atoms with Gasteiger partial charge in [0.25, 0.3) is 0 Å². The van der Waals surface area contributed by atoms with E-state index in [2.05, 4.69) is 4.74 Å². The van der Waals surface area contributed by atoms with Gasteiger partial charge in [-0.15, -0.1) is 0 Å². The van der Waals surface area contributed by atoms with Crippen molar-refractivity contribution in [1.82, 2.24) is 4.72 Å². The molecule has 1 unspecified atom stereocenters. The van der Waals surface area contributed by atoms with Gasteiger partial charge in [-0.05, 0) is 17.7 Å². The number of ether oxygens (including phenoxy) is 1. The van der Waals surface area contributed by atoms with Crippen molar-refractivity contribution in [3.8, 4) is 0 Å². The Hall–Kier alpha value is -2.39. The lowest BCUT2D eigenvalue weighted by atomic mass is 10.1. The molecule has 0 aromatic heterocycles. The minimum atomic E-state index is -4.86. The van der Waals surface area contributed by atoms with Gasteiger partial charge >= 0.3 is 12.1 Å². The van der Waals surface area contributed by atoms with E-state index in [0.717, 1.165) is 19.2 Å². The summed E-state index contributed by atoms with van der Waals surface area (Å²) in [5.74, 6) is -0.945. The standard InChI is InChI=1S/C16H14F3NO4S/c1-24-15(21)14(11-7-3-2-4-8-11)20-25(22,23)13-10-6-5-9-12(13)16(17,18)19/h2-10,14,20H,1H3. The van der Waals surface area contributed by atoms with Gasteiger partial charge in [0.05, 0.1) is 17.6 Å². The fourth-order valence-electron chi connectivity index (χ4n) is 2.17. The molecule has 1 atom stereocenters. The Balaban J connectivity index is 2.48. The number of rotatable bonds is 5. The predicted octanol–water partition coefficient (Wildman–Crippen LogP) is 2.90. The summed E-state index contributed by atoms with van der Waals surface area (Å²) < 4.78 is 70.8. The van der Waals surface area contributed by atoms with Crippen LogP contribution in [0.4, 0.5) is 13.2 Å². The fraction of sp³-hybridized carbons (Fsp3) is 0.188. The maximum absolute atomic E-state index is 13.1. The Morgan fingerprint density at radius 3 is 2.16 bits per heavy atom. The van der Waals surface area contributed by atoms with Crippen molar-refractivity contribution in [2.24, 2.45) is 0 Å². The number of sulfonamides is 1. The van der Waals surface area contributed by atoms with Crippen LogP contribution >= 0.6 is 0 Å². The van der Waals surface area contributed by atoms with Crippen LogP contribution in [-0.4, -0.2) is 21.5 Å². The lowest BCUT2D eigenvalue weighted by molar-refractivity contribution is -0.142. The van der Waals surface area contributed by atoms with E-state index < -0.39 is 38.7 Å². The molecule has 2 rings (SSSR count). The smallest absolute Gasteiger partial charge is 0.417 e. The first-order valence-corrected chi connectivity index (χ1v) is 8.46. The van der Waals surface area contributed by atoms with Crippen LogP contribution in [0.5, 0.6) is 0 Å². The van der Waals surface area contributed by atoms with Crippen LogP contribution in [0, 0.1) is 0 Å². The monoisotopic (exact) mass is 373 g/mol. The van der Waals surface area contributed by atoms with E-state index in [4.69, 9.17) is 0 Å². The number of alkyl halides is 3. The second kappa shape index (κ2) is 7.24. The molecule has 2 aromatic carbocycles. The van der Waals surface area contributed by atoms with Crippen molar-refractivity contribution in [2.45, 2.75) is 17.1 Å². The summed E-state index contributed by atoms with van der Waals surface area (Å²) >= 11 is 0. The molecule has 0 fully saturated rings. The van der Waals surface area contributed by atoms with Crippen LogP contribution in [0.15, 0.2) is 59.5 Å². The van der Waals surface area contributed by atoms with Gasteiger partial charge in [0.1, 0.15) is 6.04 Å². The van der Waals surface area contributed by atoms with Crippen LogP contribution in [0.3, 0.4) is 0 Å². The largest absolute Gasteiger partial charge is 0.468 e. The van der Waals surface area contributed by atoms with Crippen molar-refractivity contribution < 1.29 is 31.1 Å². The highest BCUT2D eigenvalue weighted by atomic mass is 32.2. The first kappa shape index (κ1) is 18.9. The van der Waals surface area contributed by atoms with Crippen molar-refractivity contribution >= 4 is 16.0 Å². The van der Waals surface area contributed by atoms with Crippen molar-refractivity contribution in [1.29, 1.82) is 0 Å². The lowest BCUT2D eigenvalue weighted by Gasteiger charge is -2.19. The van der Waals surface area contributed by atoms with Gasteiger partial charge in [0.2, 0.25) is 10.0 Å². The summed E-state index contributed by atoms with van der Waals surface area (Å²) in [4.78, 5) is 11.0.